The standard InChI is InChI=1S/C17H27N5O2.3C2HF3O2/c1-20-6-8-21(9-7-20)17(23)16-14-12-22(5-2-15(14)18-19-16)13-3-10-24-11-4-13;3*3-2(4,5)1(6)7/h13H,2-12H2,1H3,(H,18,19);3*(H,6,7). The van der Waals surface area contributed by atoms with Gasteiger partial charge in [0.25, 0.3) is 5.91 Å². The first-order chi connectivity index (χ1) is 20.6. The lowest BCUT2D eigenvalue weighted by atomic mass is 9.99. The zero-order chi connectivity index (χ0) is 34.8. The number of aromatic amines is 1. The van der Waals surface area contributed by atoms with Crippen molar-refractivity contribution in [2.45, 2.75) is 50.4 Å². The van der Waals surface area contributed by atoms with Crippen molar-refractivity contribution in [3.05, 3.63) is 17.0 Å². The number of carbonyl (C=O) groups is 4. The van der Waals surface area contributed by atoms with Crippen LogP contribution in [0.5, 0.6) is 0 Å². The summed E-state index contributed by atoms with van der Waals surface area (Å²) < 4.78 is 101. The third-order valence-corrected chi connectivity index (χ3v) is 6.39. The van der Waals surface area contributed by atoms with Crippen LogP contribution in [0.4, 0.5) is 39.5 Å². The van der Waals surface area contributed by atoms with Gasteiger partial charge in [-0.1, -0.05) is 0 Å². The van der Waals surface area contributed by atoms with Crippen molar-refractivity contribution in [3.63, 3.8) is 0 Å². The van der Waals surface area contributed by atoms with Gasteiger partial charge in [-0.15, -0.1) is 0 Å². The van der Waals surface area contributed by atoms with Crippen LogP contribution >= 0.6 is 0 Å². The van der Waals surface area contributed by atoms with E-state index in [1.54, 1.807) is 0 Å². The molecule has 3 aliphatic rings. The second kappa shape index (κ2) is 16.6. The maximum absolute atomic E-state index is 12.9. The molecule has 0 atom stereocenters. The van der Waals surface area contributed by atoms with Gasteiger partial charge in [-0.25, -0.2) is 14.4 Å². The summed E-state index contributed by atoms with van der Waals surface area (Å²) >= 11 is 0. The second-order valence-electron chi connectivity index (χ2n) is 9.60. The van der Waals surface area contributed by atoms with Crippen LogP contribution in [0.15, 0.2) is 0 Å². The highest BCUT2D eigenvalue weighted by molar-refractivity contribution is 5.94. The van der Waals surface area contributed by atoms with Gasteiger partial charge >= 0.3 is 36.4 Å². The molecule has 2 saturated heterocycles. The number of nitrogens with zero attached hydrogens (tertiary/aromatic N) is 4. The molecular weight excluding hydrogens is 645 g/mol. The van der Waals surface area contributed by atoms with Crippen molar-refractivity contribution in [2.75, 3.05) is 53.0 Å². The molecule has 4 N–H and O–H groups in total. The maximum Gasteiger partial charge on any atom is 0.490 e. The van der Waals surface area contributed by atoms with Crippen molar-refractivity contribution in [1.82, 2.24) is 24.9 Å². The number of carbonyl (C=O) groups excluding carboxylic acids is 1. The SMILES string of the molecule is CN1CCN(C(=O)c2n[nH]c3c2CN(C2CCOCC2)CC3)CC1.O=C(O)C(F)(F)F.O=C(O)C(F)(F)F.O=C(O)C(F)(F)F. The van der Waals surface area contributed by atoms with Crippen LogP contribution in [-0.4, -0.2) is 142 Å². The predicted molar refractivity (Wildman–Crippen MR) is 131 cm³/mol. The number of aliphatic carboxylic acids is 3. The highest BCUT2D eigenvalue weighted by Gasteiger charge is 2.39. The molecule has 13 nitrogen and oxygen atoms in total. The minimum absolute atomic E-state index is 0.0921. The molecule has 0 unspecified atom stereocenters. The van der Waals surface area contributed by atoms with Gasteiger partial charge in [0.2, 0.25) is 0 Å². The van der Waals surface area contributed by atoms with Crippen molar-refractivity contribution >= 4 is 23.8 Å². The summed E-state index contributed by atoms with van der Waals surface area (Å²) in [4.78, 5) is 46.3. The molecule has 0 saturated carbocycles. The van der Waals surface area contributed by atoms with E-state index in [2.05, 4.69) is 27.0 Å². The zero-order valence-electron chi connectivity index (χ0n) is 23.4. The Morgan fingerprint density at radius 3 is 1.60 bits per heavy atom. The molecule has 0 bridgehead atoms. The maximum atomic E-state index is 12.9. The lowest BCUT2D eigenvalue weighted by molar-refractivity contribution is -0.193. The summed E-state index contributed by atoms with van der Waals surface area (Å²) in [6.45, 7) is 7.05. The van der Waals surface area contributed by atoms with E-state index < -0.39 is 36.4 Å². The molecule has 1 aromatic rings. The highest BCUT2D eigenvalue weighted by Crippen LogP contribution is 2.26. The van der Waals surface area contributed by atoms with E-state index in [1.165, 1.54) is 0 Å². The van der Waals surface area contributed by atoms with E-state index in [9.17, 15) is 44.3 Å². The van der Waals surface area contributed by atoms with Crippen LogP contribution < -0.4 is 0 Å². The number of H-pyrrole nitrogens is 1. The third kappa shape index (κ3) is 13.5. The molecule has 1 amide bonds. The Morgan fingerprint density at radius 1 is 0.778 bits per heavy atom. The molecule has 4 rings (SSSR count). The van der Waals surface area contributed by atoms with Gasteiger partial charge in [0.15, 0.2) is 5.69 Å². The fourth-order valence-corrected chi connectivity index (χ4v) is 4.01. The molecule has 3 aliphatic heterocycles. The number of nitrogens with one attached hydrogen (secondary N) is 1. The van der Waals surface area contributed by atoms with E-state index >= 15 is 0 Å². The average Bonchev–Trinajstić information content (AvgIpc) is 3.36. The van der Waals surface area contributed by atoms with Gasteiger partial charge in [-0.05, 0) is 19.9 Å². The molecule has 1 aromatic heterocycles. The van der Waals surface area contributed by atoms with Gasteiger partial charge in [-0.2, -0.15) is 44.6 Å². The lowest BCUT2D eigenvalue weighted by Crippen LogP contribution is -2.47. The molecule has 4 heterocycles. The Bertz CT molecular complexity index is 1090. The summed E-state index contributed by atoms with van der Waals surface area (Å²) in [6.07, 6.45) is -12.1. The van der Waals surface area contributed by atoms with Crippen LogP contribution in [0.1, 0.15) is 34.6 Å². The Kier molecular flexibility index (Phi) is 14.5. The molecule has 2 fully saturated rings. The fourth-order valence-electron chi connectivity index (χ4n) is 4.01. The number of hydrogen-bond acceptors (Lipinski definition) is 8. The minimum Gasteiger partial charge on any atom is -0.475 e. The first-order valence-corrected chi connectivity index (χ1v) is 12.8. The lowest BCUT2D eigenvalue weighted by Gasteiger charge is -2.37. The molecule has 22 heteroatoms. The molecule has 0 spiro atoms. The van der Waals surface area contributed by atoms with E-state index in [0.29, 0.717) is 11.7 Å². The Hall–Kier alpha value is -3.66. The third-order valence-electron chi connectivity index (χ3n) is 6.39. The van der Waals surface area contributed by atoms with E-state index in [1.807, 2.05) is 4.90 Å². The molecule has 45 heavy (non-hydrogen) atoms. The van der Waals surface area contributed by atoms with Gasteiger partial charge in [0.05, 0.1) is 0 Å². The van der Waals surface area contributed by atoms with Crippen molar-refractivity contribution < 1.29 is 78.7 Å². The van der Waals surface area contributed by atoms with Crippen LogP contribution in [0.25, 0.3) is 0 Å². The summed E-state index contributed by atoms with van der Waals surface area (Å²) in [5.41, 5.74) is 2.92. The number of fused-ring (bicyclic) bond motifs is 1. The summed E-state index contributed by atoms with van der Waals surface area (Å²) in [5.74, 6) is -8.18. The monoisotopic (exact) mass is 675 g/mol. The van der Waals surface area contributed by atoms with Gasteiger partial charge < -0.3 is 29.9 Å². The number of rotatable bonds is 2. The van der Waals surface area contributed by atoms with Crippen molar-refractivity contribution in [3.8, 4) is 0 Å². The zero-order valence-corrected chi connectivity index (χ0v) is 23.4. The number of piperazine rings is 1. The molecular formula is C23H30F9N5O8. The largest absolute Gasteiger partial charge is 0.490 e. The van der Waals surface area contributed by atoms with Gasteiger partial charge in [0.1, 0.15) is 0 Å². The van der Waals surface area contributed by atoms with E-state index in [-0.39, 0.29) is 5.91 Å². The topological polar surface area (TPSA) is 177 Å². The Balaban J connectivity index is 0.000000396. The van der Waals surface area contributed by atoms with E-state index in [4.69, 9.17) is 34.4 Å². The first-order valence-electron chi connectivity index (χ1n) is 12.8. The van der Waals surface area contributed by atoms with Crippen LogP contribution in [0.3, 0.4) is 0 Å². The van der Waals surface area contributed by atoms with Crippen molar-refractivity contribution in [2.24, 2.45) is 0 Å². The second-order valence-corrected chi connectivity index (χ2v) is 9.60. The number of hydrogen-bond donors (Lipinski definition) is 4. The number of halogens is 9. The Labute approximate surface area is 248 Å². The van der Waals surface area contributed by atoms with Crippen LogP contribution in [-0.2, 0) is 32.1 Å². The number of carboxylic acids is 3. The van der Waals surface area contributed by atoms with Crippen LogP contribution in [0, 0.1) is 0 Å². The highest BCUT2D eigenvalue weighted by atomic mass is 19.4. The smallest absolute Gasteiger partial charge is 0.475 e. The molecule has 258 valence electrons. The average molecular weight is 676 g/mol. The summed E-state index contributed by atoms with van der Waals surface area (Å²) in [6, 6.07) is 0.577. The first kappa shape index (κ1) is 39.4. The Morgan fingerprint density at radius 2 is 1.20 bits per heavy atom. The normalized spacial score (nSPS) is 18.1. The molecule has 0 aromatic carbocycles. The number of ether oxygens (including phenoxy) is 1. The summed E-state index contributed by atoms with van der Waals surface area (Å²) in [7, 11) is 2.10. The van der Waals surface area contributed by atoms with E-state index in [0.717, 1.165) is 83.0 Å². The number of aromatic nitrogens is 2. The number of carboxylic acid groups (broad SMARTS) is 3. The quantitative estimate of drug-likeness (QED) is 0.338. The van der Waals surface area contributed by atoms with Crippen molar-refractivity contribution in [1.29, 1.82) is 0 Å². The summed E-state index contributed by atoms with van der Waals surface area (Å²) in [5, 5.41) is 28.9. The van der Waals surface area contributed by atoms with Gasteiger partial charge in [0, 0.05) is 76.2 Å². The minimum atomic E-state index is -5.08. The number of likely N-dealkylation sites (N-methyl/N-ethyl adjacent to an activating group) is 1. The van der Waals surface area contributed by atoms with Gasteiger partial charge in [-0.3, -0.25) is 14.8 Å². The molecule has 0 radical (unpaired) electrons. The predicted octanol–water partition coefficient (Wildman–Crippen LogP) is 2.23. The number of alkyl halides is 9. The fraction of sp³-hybridized carbons (Fsp3) is 0.696. The van der Waals surface area contributed by atoms with Crippen LogP contribution in [0.2, 0.25) is 0 Å². The molecule has 0 aliphatic carbocycles. The number of amides is 1.